The van der Waals surface area contributed by atoms with Crippen molar-refractivity contribution in [2.24, 2.45) is 0 Å². The summed E-state index contributed by atoms with van der Waals surface area (Å²) in [5.74, 6) is 0.495. The Labute approximate surface area is 102 Å². The van der Waals surface area contributed by atoms with Crippen LogP contribution in [0.5, 0.6) is 0 Å². The fraction of sp³-hybridized carbons (Fsp3) is 0.167. The first-order valence-electron chi connectivity index (χ1n) is 5.18. The molecule has 0 aliphatic rings. The molecule has 0 bridgehead atoms. The molecule has 0 saturated heterocycles. The molecule has 0 saturated carbocycles. The van der Waals surface area contributed by atoms with Gasteiger partial charge in [-0.1, -0.05) is 0 Å². The van der Waals surface area contributed by atoms with Crippen molar-refractivity contribution >= 4 is 11.5 Å². The summed E-state index contributed by atoms with van der Waals surface area (Å²) in [5.41, 5.74) is 0.341. The average molecular weight is 253 g/mol. The molecule has 0 spiro atoms. The van der Waals surface area contributed by atoms with E-state index in [1.807, 2.05) is 6.92 Å². The van der Waals surface area contributed by atoms with Gasteiger partial charge in [0.05, 0.1) is 0 Å². The van der Waals surface area contributed by atoms with Gasteiger partial charge in [0.1, 0.15) is 11.5 Å². The Bertz CT molecular complexity index is 552. The zero-order valence-corrected chi connectivity index (χ0v) is 9.49. The lowest BCUT2D eigenvalue weighted by molar-refractivity contribution is -0.141. The summed E-state index contributed by atoms with van der Waals surface area (Å²) in [6, 6.07) is 5.95. The van der Waals surface area contributed by atoms with Crippen molar-refractivity contribution in [1.82, 2.24) is 9.97 Å². The minimum absolute atomic E-state index is 0.301. The predicted octanol–water partition coefficient (Wildman–Crippen LogP) is 3.55. The predicted molar refractivity (Wildman–Crippen MR) is 61.5 cm³/mol. The summed E-state index contributed by atoms with van der Waals surface area (Å²) in [6.07, 6.45) is -1.75. The number of anilines is 2. The second-order valence-electron chi connectivity index (χ2n) is 3.77. The van der Waals surface area contributed by atoms with Gasteiger partial charge in [-0.25, -0.2) is 4.98 Å². The van der Waals surface area contributed by atoms with Gasteiger partial charge in [0.15, 0.2) is 0 Å². The highest BCUT2D eigenvalue weighted by Crippen LogP contribution is 2.29. The third-order valence-corrected chi connectivity index (χ3v) is 2.24. The molecular formula is C12H10F3N3. The number of halogens is 3. The number of nitrogens with one attached hydrogen (secondary N) is 1. The van der Waals surface area contributed by atoms with E-state index in [-0.39, 0.29) is 0 Å². The normalized spacial score (nSPS) is 11.3. The molecule has 2 aromatic heterocycles. The van der Waals surface area contributed by atoms with E-state index in [1.165, 1.54) is 6.07 Å². The van der Waals surface area contributed by atoms with Crippen molar-refractivity contribution in [3.63, 3.8) is 0 Å². The molecule has 0 aliphatic carbocycles. The summed E-state index contributed by atoms with van der Waals surface area (Å²) in [6.45, 7) is 1.88. The van der Waals surface area contributed by atoms with E-state index >= 15 is 0 Å². The van der Waals surface area contributed by atoms with Gasteiger partial charge in [-0.2, -0.15) is 13.2 Å². The van der Waals surface area contributed by atoms with Crippen molar-refractivity contribution in [1.29, 1.82) is 0 Å². The van der Waals surface area contributed by atoms with Gasteiger partial charge in [-0.3, -0.25) is 4.98 Å². The van der Waals surface area contributed by atoms with Crippen LogP contribution >= 0.6 is 0 Å². The van der Waals surface area contributed by atoms with E-state index in [9.17, 15) is 13.2 Å². The molecule has 2 rings (SSSR count). The van der Waals surface area contributed by atoms with Crippen LogP contribution in [0.15, 0.2) is 36.7 Å². The maximum absolute atomic E-state index is 12.5. The molecule has 0 fully saturated rings. The molecule has 3 nitrogen and oxygen atoms in total. The average Bonchev–Trinajstić information content (AvgIpc) is 2.28. The summed E-state index contributed by atoms with van der Waals surface area (Å²) in [7, 11) is 0. The lowest BCUT2D eigenvalue weighted by Crippen LogP contribution is -2.08. The summed E-state index contributed by atoms with van der Waals surface area (Å²) in [4.78, 5) is 7.30. The van der Waals surface area contributed by atoms with Crippen molar-refractivity contribution < 1.29 is 13.2 Å². The fourth-order valence-electron chi connectivity index (χ4n) is 1.42. The van der Waals surface area contributed by atoms with Gasteiger partial charge in [0.25, 0.3) is 0 Å². The van der Waals surface area contributed by atoms with Crippen LogP contribution in [0, 0.1) is 6.92 Å². The van der Waals surface area contributed by atoms with Gasteiger partial charge in [0.2, 0.25) is 0 Å². The molecule has 2 heterocycles. The zero-order valence-electron chi connectivity index (χ0n) is 9.49. The minimum Gasteiger partial charge on any atom is -0.340 e. The maximum atomic E-state index is 12.5. The molecule has 0 amide bonds. The number of nitrogens with zero attached hydrogens (tertiary/aromatic N) is 2. The molecule has 0 aromatic carbocycles. The number of aryl methyl sites for hydroxylation is 1. The van der Waals surface area contributed by atoms with Crippen molar-refractivity contribution in [3.8, 4) is 0 Å². The molecule has 0 unspecified atom stereocenters. The van der Waals surface area contributed by atoms with Gasteiger partial charge in [-0.15, -0.1) is 0 Å². The van der Waals surface area contributed by atoms with Crippen LogP contribution in [-0.2, 0) is 6.18 Å². The molecular weight excluding hydrogens is 243 g/mol. The lowest BCUT2D eigenvalue weighted by Gasteiger charge is -2.09. The minimum atomic E-state index is -4.45. The molecule has 18 heavy (non-hydrogen) atoms. The number of alkyl halides is 3. The summed E-state index contributed by atoms with van der Waals surface area (Å²) >= 11 is 0. The number of hydrogen-bond acceptors (Lipinski definition) is 3. The van der Waals surface area contributed by atoms with E-state index in [4.69, 9.17) is 0 Å². The topological polar surface area (TPSA) is 37.8 Å². The highest BCUT2D eigenvalue weighted by molar-refractivity contribution is 5.56. The highest BCUT2D eigenvalue weighted by Gasteiger charge is 2.32. The maximum Gasteiger partial charge on any atom is 0.433 e. The van der Waals surface area contributed by atoms with Crippen molar-refractivity contribution in [2.45, 2.75) is 13.1 Å². The highest BCUT2D eigenvalue weighted by atomic mass is 19.4. The summed E-state index contributed by atoms with van der Waals surface area (Å²) in [5, 5.41) is 2.81. The van der Waals surface area contributed by atoms with Crippen LogP contribution in [0.25, 0.3) is 0 Å². The van der Waals surface area contributed by atoms with Crippen molar-refractivity contribution in [2.75, 3.05) is 5.32 Å². The Morgan fingerprint density at radius 2 is 1.78 bits per heavy atom. The molecule has 6 heteroatoms. The third kappa shape index (κ3) is 2.97. The van der Waals surface area contributed by atoms with E-state index in [1.54, 1.807) is 18.3 Å². The molecule has 94 valence electrons. The van der Waals surface area contributed by atoms with Gasteiger partial charge in [0, 0.05) is 18.1 Å². The monoisotopic (exact) mass is 253 g/mol. The van der Waals surface area contributed by atoms with E-state index in [0.717, 1.165) is 17.8 Å². The largest absolute Gasteiger partial charge is 0.433 e. The van der Waals surface area contributed by atoms with Gasteiger partial charge < -0.3 is 5.32 Å². The molecule has 0 aliphatic heterocycles. The lowest BCUT2D eigenvalue weighted by atomic mass is 10.3. The van der Waals surface area contributed by atoms with Gasteiger partial charge in [-0.05, 0) is 36.8 Å². The van der Waals surface area contributed by atoms with Crippen LogP contribution in [-0.4, -0.2) is 9.97 Å². The first kappa shape index (κ1) is 12.3. The summed E-state index contributed by atoms with van der Waals surface area (Å²) < 4.78 is 37.4. The van der Waals surface area contributed by atoms with E-state index in [0.29, 0.717) is 11.5 Å². The standard InChI is InChI=1S/C12H10F3N3/c1-8-2-4-17-11(6-8)18-9-3-5-16-10(7-9)12(13,14)15/h2-7H,1H3,(H,16,17,18). The number of pyridine rings is 2. The molecule has 1 N–H and O–H groups in total. The Hall–Kier alpha value is -2.11. The Kier molecular flexibility index (Phi) is 3.18. The van der Waals surface area contributed by atoms with Crippen LogP contribution in [0.3, 0.4) is 0 Å². The molecule has 0 atom stereocenters. The smallest absolute Gasteiger partial charge is 0.340 e. The molecule has 0 radical (unpaired) electrons. The quantitative estimate of drug-likeness (QED) is 0.889. The zero-order chi connectivity index (χ0) is 13.2. The van der Waals surface area contributed by atoms with Gasteiger partial charge >= 0.3 is 6.18 Å². The Morgan fingerprint density at radius 1 is 1.06 bits per heavy atom. The first-order valence-corrected chi connectivity index (χ1v) is 5.18. The van der Waals surface area contributed by atoms with Crippen LogP contribution < -0.4 is 5.32 Å². The SMILES string of the molecule is Cc1ccnc(Nc2ccnc(C(F)(F)F)c2)c1. The van der Waals surface area contributed by atoms with Crippen LogP contribution in [0.2, 0.25) is 0 Å². The van der Waals surface area contributed by atoms with E-state index < -0.39 is 11.9 Å². The number of hydrogen-bond donors (Lipinski definition) is 1. The first-order chi connectivity index (χ1) is 8.45. The van der Waals surface area contributed by atoms with E-state index in [2.05, 4.69) is 15.3 Å². The number of aromatic nitrogens is 2. The third-order valence-electron chi connectivity index (χ3n) is 2.24. The van der Waals surface area contributed by atoms with Crippen LogP contribution in [0.4, 0.5) is 24.7 Å². The molecule has 2 aromatic rings. The Balaban J connectivity index is 2.25. The Morgan fingerprint density at radius 3 is 2.44 bits per heavy atom. The number of rotatable bonds is 2. The van der Waals surface area contributed by atoms with Crippen molar-refractivity contribution in [3.05, 3.63) is 47.9 Å². The second-order valence-corrected chi connectivity index (χ2v) is 3.77. The second kappa shape index (κ2) is 4.64. The van der Waals surface area contributed by atoms with Crippen LogP contribution in [0.1, 0.15) is 11.3 Å². The fourth-order valence-corrected chi connectivity index (χ4v) is 1.42.